The standard InChI is InChI=1S/C28H28ClFN4O2/c1-4-35-22-14-20(26(30)24(15-22)36-17(2)3)16-34(21-11-8-19(9-12-21)28(31)32)25-13-10-18-6-5-7-23(29)27(18)33-25/h5-15,17H,4,16H2,1-3H3,(H3,31,32). The van der Waals surface area contributed by atoms with Crippen LogP contribution in [0.2, 0.25) is 5.02 Å². The Kier molecular flexibility index (Phi) is 7.60. The molecule has 3 N–H and O–H groups in total. The highest BCUT2D eigenvalue weighted by atomic mass is 35.5. The topological polar surface area (TPSA) is 84.5 Å². The zero-order chi connectivity index (χ0) is 25.8. The Hall–Kier alpha value is -3.84. The first-order valence-corrected chi connectivity index (χ1v) is 12.0. The molecule has 4 aromatic rings. The molecule has 0 aliphatic heterocycles. The zero-order valence-corrected chi connectivity index (χ0v) is 21.1. The molecule has 0 saturated heterocycles. The van der Waals surface area contributed by atoms with E-state index in [0.29, 0.717) is 39.8 Å². The zero-order valence-electron chi connectivity index (χ0n) is 20.4. The second kappa shape index (κ2) is 10.8. The van der Waals surface area contributed by atoms with Crippen molar-refractivity contribution in [3.8, 4) is 11.5 Å². The van der Waals surface area contributed by atoms with Gasteiger partial charge in [-0.3, -0.25) is 5.41 Å². The molecule has 0 spiro atoms. The number of nitrogens with two attached hydrogens (primary N) is 1. The highest BCUT2D eigenvalue weighted by Gasteiger charge is 2.20. The van der Waals surface area contributed by atoms with Crippen molar-refractivity contribution in [2.24, 2.45) is 5.73 Å². The van der Waals surface area contributed by atoms with Gasteiger partial charge in [0.2, 0.25) is 0 Å². The van der Waals surface area contributed by atoms with E-state index in [2.05, 4.69) is 0 Å². The van der Waals surface area contributed by atoms with E-state index in [4.69, 9.17) is 37.2 Å². The Morgan fingerprint density at radius 1 is 1.11 bits per heavy atom. The molecule has 0 atom stereocenters. The average Bonchev–Trinajstić information content (AvgIpc) is 2.85. The lowest BCUT2D eigenvalue weighted by atomic mass is 10.1. The maximum absolute atomic E-state index is 15.6. The van der Waals surface area contributed by atoms with Gasteiger partial charge in [0.15, 0.2) is 11.6 Å². The quantitative estimate of drug-likeness (QED) is 0.192. The van der Waals surface area contributed by atoms with Crippen LogP contribution in [0, 0.1) is 11.2 Å². The number of anilines is 2. The summed E-state index contributed by atoms with van der Waals surface area (Å²) in [4.78, 5) is 6.68. The number of ether oxygens (including phenoxy) is 2. The third-order valence-corrected chi connectivity index (χ3v) is 5.82. The highest BCUT2D eigenvalue weighted by Crippen LogP contribution is 2.34. The maximum Gasteiger partial charge on any atom is 0.170 e. The van der Waals surface area contributed by atoms with E-state index in [0.717, 1.165) is 11.1 Å². The summed E-state index contributed by atoms with van der Waals surface area (Å²) in [7, 11) is 0. The van der Waals surface area contributed by atoms with E-state index in [1.54, 1.807) is 30.3 Å². The second-order valence-electron chi connectivity index (χ2n) is 8.52. The third-order valence-electron chi connectivity index (χ3n) is 5.51. The fourth-order valence-corrected chi connectivity index (χ4v) is 4.10. The van der Waals surface area contributed by atoms with Crippen molar-refractivity contribution in [1.29, 1.82) is 5.41 Å². The number of nitrogen functional groups attached to an aromatic ring is 1. The molecule has 0 bridgehead atoms. The number of aromatic nitrogens is 1. The molecule has 0 saturated carbocycles. The van der Waals surface area contributed by atoms with Crippen LogP contribution in [-0.2, 0) is 6.54 Å². The van der Waals surface area contributed by atoms with Crippen LogP contribution in [0.5, 0.6) is 11.5 Å². The van der Waals surface area contributed by atoms with E-state index in [1.165, 1.54) is 0 Å². The Morgan fingerprint density at radius 3 is 2.53 bits per heavy atom. The molecule has 0 aliphatic rings. The van der Waals surface area contributed by atoms with E-state index < -0.39 is 5.82 Å². The van der Waals surface area contributed by atoms with Gasteiger partial charge in [0, 0.05) is 28.3 Å². The van der Waals surface area contributed by atoms with Gasteiger partial charge in [-0.1, -0.05) is 23.7 Å². The number of pyridine rings is 1. The van der Waals surface area contributed by atoms with Crippen molar-refractivity contribution in [3.63, 3.8) is 0 Å². The maximum atomic E-state index is 15.6. The van der Waals surface area contributed by atoms with Gasteiger partial charge in [-0.25, -0.2) is 9.37 Å². The summed E-state index contributed by atoms with van der Waals surface area (Å²) in [5, 5.41) is 9.13. The van der Waals surface area contributed by atoms with Gasteiger partial charge in [-0.15, -0.1) is 0 Å². The number of rotatable bonds is 9. The number of hydrogen-bond acceptors (Lipinski definition) is 5. The highest BCUT2D eigenvalue weighted by molar-refractivity contribution is 6.35. The van der Waals surface area contributed by atoms with Gasteiger partial charge >= 0.3 is 0 Å². The summed E-state index contributed by atoms with van der Waals surface area (Å²) in [6.45, 7) is 6.14. The first kappa shape index (κ1) is 25.3. The van der Waals surface area contributed by atoms with E-state index in [1.807, 2.05) is 62.1 Å². The monoisotopic (exact) mass is 506 g/mol. The van der Waals surface area contributed by atoms with Crippen LogP contribution in [0.15, 0.2) is 66.7 Å². The van der Waals surface area contributed by atoms with E-state index in [9.17, 15) is 0 Å². The average molecular weight is 507 g/mol. The molecule has 36 heavy (non-hydrogen) atoms. The van der Waals surface area contributed by atoms with Gasteiger partial charge in [-0.05, 0) is 69.3 Å². The lowest BCUT2D eigenvalue weighted by Crippen LogP contribution is -2.20. The minimum absolute atomic E-state index is 0.0327. The Morgan fingerprint density at radius 2 is 1.86 bits per heavy atom. The largest absolute Gasteiger partial charge is 0.494 e. The van der Waals surface area contributed by atoms with Crippen molar-refractivity contribution in [2.45, 2.75) is 33.4 Å². The molecular weight excluding hydrogens is 479 g/mol. The lowest BCUT2D eigenvalue weighted by molar-refractivity contribution is 0.228. The number of nitrogens with zero attached hydrogens (tertiary/aromatic N) is 2. The van der Waals surface area contributed by atoms with Gasteiger partial charge in [0.1, 0.15) is 17.4 Å². The van der Waals surface area contributed by atoms with E-state index in [-0.39, 0.29) is 24.2 Å². The van der Waals surface area contributed by atoms with Gasteiger partial charge in [-0.2, -0.15) is 0 Å². The van der Waals surface area contributed by atoms with Crippen LogP contribution in [0.1, 0.15) is 31.9 Å². The van der Waals surface area contributed by atoms with Crippen molar-refractivity contribution >= 4 is 39.8 Å². The summed E-state index contributed by atoms with van der Waals surface area (Å²) >= 11 is 6.43. The molecule has 8 heteroatoms. The van der Waals surface area contributed by atoms with Crippen molar-refractivity contribution in [3.05, 3.63) is 88.7 Å². The second-order valence-corrected chi connectivity index (χ2v) is 8.93. The fourth-order valence-electron chi connectivity index (χ4n) is 3.88. The van der Waals surface area contributed by atoms with E-state index >= 15 is 4.39 Å². The molecule has 1 heterocycles. The number of amidine groups is 1. The Labute approximate surface area is 214 Å². The number of benzene rings is 3. The molecule has 0 unspecified atom stereocenters. The van der Waals surface area contributed by atoms with Crippen molar-refractivity contribution < 1.29 is 13.9 Å². The van der Waals surface area contributed by atoms with Crippen molar-refractivity contribution in [2.75, 3.05) is 11.5 Å². The minimum atomic E-state index is -0.462. The summed E-state index contributed by atoms with van der Waals surface area (Å²) < 4.78 is 27.1. The SMILES string of the molecule is CCOc1cc(CN(c2ccc(C(=N)N)cc2)c2ccc3cccc(Cl)c3n2)c(F)c(OC(C)C)c1. The summed E-state index contributed by atoms with van der Waals surface area (Å²) in [6.07, 6.45) is -0.205. The molecule has 0 amide bonds. The number of hydrogen-bond donors (Lipinski definition) is 2. The molecule has 3 aromatic carbocycles. The number of nitrogens with one attached hydrogen (secondary N) is 1. The normalized spacial score (nSPS) is 11.1. The summed E-state index contributed by atoms with van der Waals surface area (Å²) in [5.41, 5.74) is 8.00. The minimum Gasteiger partial charge on any atom is -0.494 e. The molecule has 0 fully saturated rings. The summed E-state index contributed by atoms with van der Waals surface area (Å²) in [5.74, 6) is 0.739. The molecule has 4 rings (SSSR count). The number of halogens is 2. The van der Waals surface area contributed by atoms with Crippen LogP contribution in [0.25, 0.3) is 10.9 Å². The molecule has 0 aliphatic carbocycles. The van der Waals surface area contributed by atoms with Crippen LogP contribution >= 0.6 is 11.6 Å². The van der Waals surface area contributed by atoms with Crippen molar-refractivity contribution in [1.82, 2.24) is 4.98 Å². The van der Waals surface area contributed by atoms with Crippen LogP contribution < -0.4 is 20.1 Å². The predicted molar refractivity (Wildman–Crippen MR) is 143 cm³/mol. The fraction of sp³-hybridized carbons (Fsp3) is 0.214. The number of fused-ring (bicyclic) bond motifs is 1. The molecule has 0 radical (unpaired) electrons. The first-order chi connectivity index (χ1) is 17.3. The third kappa shape index (κ3) is 5.52. The molecular formula is C28H28ClFN4O2. The Balaban J connectivity index is 1.84. The molecule has 1 aromatic heterocycles. The lowest BCUT2D eigenvalue weighted by Gasteiger charge is -2.26. The van der Waals surface area contributed by atoms with Gasteiger partial charge < -0.3 is 20.1 Å². The van der Waals surface area contributed by atoms with Crippen LogP contribution in [0.3, 0.4) is 0 Å². The van der Waals surface area contributed by atoms with Crippen LogP contribution in [0.4, 0.5) is 15.9 Å². The first-order valence-electron chi connectivity index (χ1n) is 11.7. The number of para-hydroxylation sites is 1. The predicted octanol–water partition coefficient (Wildman–Crippen LogP) is 6.84. The smallest absolute Gasteiger partial charge is 0.170 e. The Bertz CT molecular complexity index is 1390. The molecule has 186 valence electrons. The van der Waals surface area contributed by atoms with Gasteiger partial charge in [0.25, 0.3) is 0 Å². The summed E-state index contributed by atoms with van der Waals surface area (Å²) in [6, 6.07) is 19.8. The van der Waals surface area contributed by atoms with Crippen LogP contribution in [-0.4, -0.2) is 23.5 Å². The molecule has 6 nitrogen and oxygen atoms in total. The van der Waals surface area contributed by atoms with Gasteiger partial charge in [0.05, 0.1) is 29.8 Å².